The molecular formula is C71H136N2O7P+. The molecule has 0 fully saturated rings. The molecule has 1 amide bonds. The summed E-state index contributed by atoms with van der Waals surface area (Å²) in [6.45, 7) is 7.02. The first-order valence-electron chi connectivity index (χ1n) is 35.0. The third kappa shape index (κ3) is 62.3. The number of allylic oxidation sites excluding steroid dienone is 7. The van der Waals surface area contributed by atoms with Gasteiger partial charge in [0.15, 0.2) is 0 Å². The second-order valence-corrected chi connectivity index (χ2v) is 26.5. The highest BCUT2D eigenvalue weighted by Crippen LogP contribution is 2.43. The molecule has 9 nitrogen and oxygen atoms in total. The molecule has 0 aliphatic carbocycles. The normalized spacial score (nSPS) is 13.8. The Balaban J connectivity index is 4.97. The van der Waals surface area contributed by atoms with Crippen LogP contribution >= 0.6 is 7.82 Å². The van der Waals surface area contributed by atoms with Crippen LogP contribution in [0.3, 0.4) is 0 Å². The maximum atomic E-state index is 13.6. The van der Waals surface area contributed by atoms with E-state index in [1.54, 1.807) is 0 Å². The number of phosphoric ester groups is 1. The average molecular weight is 1160 g/mol. The summed E-state index contributed by atoms with van der Waals surface area (Å²) in [4.78, 5) is 37.8. The predicted octanol–water partition coefficient (Wildman–Crippen LogP) is 22.0. The molecule has 0 bridgehead atoms. The molecule has 476 valence electrons. The van der Waals surface area contributed by atoms with Gasteiger partial charge in [0.1, 0.15) is 19.3 Å². The molecule has 0 aromatic carbocycles. The van der Waals surface area contributed by atoms with Crippen molar-refractivity contribution in [1.82, 2.24) is 5.32 Å². The van der Waals surface area contributed by atoms with Crippen LogP contribution in [-0.2, 0) is 27.9 Å². The van der Waals surface area contributed by atoms with E-state index in [0.29, 0.717) is 23.9 Å². The van der Waals surface area contributed by atoms with Crippen molar-refractivity contribution < 1.29 is 37.3 Å². The summed E-state index contributed by atoms with van der Waals surface area (Å²) in [6.07, 6.45) is 77.0. The molecule has 0 saturated carbocycles. The lowest BCUT2D eigenvalue weighted by molar-refractivity contribution is -0.870. The molecule has 2 N–H and O–H groups in total. The third-order valence-electron chi connectivity index (χ3n) is 15.7. The minimum Gasteiger partial charge on any atom is -0.456 e. The van der Waals surface area contributed by atoms with Crippen LogP contribution in [0.2, 0.25) is 0 Å². The lowest BCUT2D eigenvalue weighted by Crippen LogP contribution is -2.47. The highest BCUT2D eigenvalue weighted by atomic mass is 31.2. The van der Waals surface area contributed by atoms with Gasteiger partial charge in [-0.1, -0.05) is 288 Å². The van der Waals surface area contributed by atoms with E-state index in [9.17, 15) is 19.0 Å². The van der Waals surface area contributed by atoms with Crippen LogP contribution in [0.25, 0.3) is 0 Å². The highest BCUT2D eigenvalue weighted by Gasteiger charge is 2.30. The highest BCUT2D eigenvalue weighted by molar-refractivity contribution is 7.47. The van der Waals surface area contributed by atoms with E-state index >= 15 is 0 Å². The maximum absolute atomic E-state index is 13.6. The van der Waals surface area contributed by atoms with Crippen LogP contribution in [-0.4, -0.2) is 74.3 Å². The number of hydrogen-bond donors (Lipinski definition) is 2. The summed E-state index contributed by atoms with van der Waals surface area (Å²) in [7, 11) is 1.50. The van der Waals surface area contributed by atoms with Gasteiger partial charge in [-0.2, -0.15) is 0 Å². The van der Waals surface area contributed by atoms with E-state index in [1.807, 2.05) is 33.3 Å². The van der Waals surface area contributed by atoms with Gasteiger partial charge in [0.2, 0.25) is 5.91 Å². The largest absolute Gasteiger partial charge is 0.472 e. The Morgan fingerprint density at radius 1 is 0.432 bits per heavy atom. The molecule has 0 aromatic rings. The van der Waals surface area contributed by atoms with Gasteiger partial charge in [0.25, 0.3) is 0 Å². The summed E-state index contributed by atoms with van der Waals surface area (Å²) in [5, 5.41) is 3.07. The molecule has 0 radical (unpaired) electrons. The number of quaternary nitrogens is 1. The van der Waals surface area contributed by atoms with Gasteiger partial charge in [-0.3, -0.25) is 18.6 Å². The topological polar surface area (TPSA) is 111 Å². The molecule has 3 unspecified atom stereocenters. The number of amides is 1. The van der Waals surface area contributed by atoms with Crippen LogP contribution in [0.1, 0.15) is 342 Å². The quantitative estimate of drug-likeness (QED) is 0.0205. The van der Waals surface area contributed by atoms with E-state index in [4.69, 9.17) is 13.8 Å². The summed E-state index contributed by atoms with van der Waals surface area (Å²) >= 11 is 0. The molecular weight excluding hydrogens is 1020 g/mol. The number of unbranched alkanes of at least 4 members (excludes halogenated alkanes) is 42. The lowest BCUT2D eigenvalue weighted by atomic mass is 10.0. The summed E-state index contributed by atoms with van der Waals surface area (Å²) in [5.41, 5.74) is 0. The first kappa shape index (κ1) is 79.0. The maximum Gasteiger partial charge on any atom is 0.472 e. The van der Waals surface area contributed by atoms with Crippen molar-refractivity contribution >= 4 is 19.7 Å². The number of carbonyl (C=O) groups is 2. The van der Waals surface area contributed by atoms with Crippen LogP contribution in [0.5, 0.6) is 0 Å². The first-order valence-corrected chi connectivity index (χ1v) is 36.5. The number of nitrogens with one attached hydrogen (secondary N) is 1. The van der Waals surface area contributed by atoms with Crippen molar-refractivity contribution in [3.8, 4) is 0 Å². The van der Waals surface area contributed by atoms with Gasteiger partial charge in [0.05, 0.1) is 33.8 Å². The summed E-state index contributed by atoms with van der Waals surface area (Å²) in [6, 6.07) is -0.848. The van der Waals surface area contributed by atoms with Gasteiger partial charge < -0.3 is 19.4 Å². The Hall–Kier alpha value is -2.03. The van der Waals surface area contributed by atoms with E-state index < -0.39 is 20.0 Å². The monoisotopic (exact) mass is 1160 g/mol. The smallest absolute Gasteiger partial charge is 0.456 e. The summed E-state index contributed by atoms with van der Waals surface area (Å²) < 4.78 is 30.8. The SMILES string of the molecule is CCCCC/C=C\C/C=C\CCCCCCCCCCCCCCCCCCCC(=O)OC(/C=C\CCCCCCCCCCC)C(COP(=O)(O)OCC[N+](C)(C)C)NC(=O)CCCCCCCCC/C=C/CCCCCCCC. The number of phosphoric acid groups is 1. The number of hydrogen-bond acceptors (Lipinski definition) is 6. The van der Waals surface area contributed by atoms with Gasteiger partial charge in [-0.15, -0.1) is 0 Å². The minimum absolute atomic E-state index is 0.0409. The Bertz CT molecular complexity index is 1520. The second-order valence-electron chi connectivity index (χ2n) is 25.0. The zero-order valence-corrected chi connectivity index (χ0v) is 55.4. The van der Waals surface area contributed by atoms with E-state index in [-0.39, 0.29) is 25.1 Å². The molecule has 0 saturated heterocycles. The molecule has 10 heteroatoms. The van der Waals surface area contributed by atoms with E-state index in [1.165, 1.54) is 238 Å². The predicted molar refractivity (Wildman–Crippen MR) is 351 cm³/mol. The number of esters is 1. The van der Waals surface area contributed by atoms with E-state index in [0.717, 1.165) is 70.6 Å². The van der Waals surface area contributed by atoms with Crippen molar-refractivity contribution in [3.05, 3.63) is 48.6 Å². The van der Waals surface area contributed by atoms with Crippen molar-refractivity contribution in [2.24, 2.45) is 0 Å². The van der Waals surface area contributed by atoms with Crippen molar-refractivity contribution in [1.29, 1.82) is 0 Å². The lowest BCUT2D eigenvalue weighted by Gasteiger charge is -2.27. The Kier molecular flexibility index (Phi) is 59.5. The zero-order valence-electron chi connectivity index (χ0n) is 54.5. The molecule has 0 rings (SSSR count). The fourth-order valence-electron chi connectivity index (χ4n) is 10.3. The average Bonchev–Trinajstić information content (AvgIpc) is 3.44. The van der Waals surface area contributed by atoms with Crippen LogP contribution in [0.4, 0.5) is 0 Å². The number of nitrogens with zero attached hydrogens (tertiary/aromatic N) is 1. The molecule has 0 aromatic heterocycles. The standard InChI is InChI=1S/C71H135N2O7P/c1-7-10-13-16-19-22-25-27-29-31-32-33-34-35-36-37-38-39-40-42-44-46-49-52-55-58-61-64-71(75)80-69(62-59-56-53-50-47-24-21-18-15-12-9-3)68(67-79-81(76,77)78-66-65-73(4,5)6)72-70(74)63-60-57-54-51-48-45-43-41-30-28-26-23-20-17-14-11-8-2/h19,22,27-30,59,62,68-69H,7-18,20-21,23-26,31-58,60-61,63-67H2,1-6H3,(H-,72,74,76,77)/p+1/b22-19-,29-27-,30-28+,62-59-. The van der Waals surface area contributed by atoms with E-state index in [2.05, 4.69) is 62.5 Å². The zero-order chi connectivity index (χ0) is 59.3. The number of rotatable bonds is 64. The van der Waals surface area contributed by atoms with Gasteiger partial charge in [-0.25, -0.2) is 4.57 Å². The van der Waals surface area contributed by atoms with Crippen LogP contribution in [0, 0.1) is 0 Å². The fraction of sp³-hybridized carbons (Fsp3) is 0.859. The van der Waals surface area contributed by atoms with Crippen LogP contribution in [0.15, 0.2) is 48.6 Å². The van der Waals surface area contributed by atoms with Crippen LogP contribution < -0.4 is 5.32 Å². The number of likely N-dealkylation sites (N-methyl/N-ethyl adjacent to an activating group) is 1. The molecule has 0 aliphatic rings. The molecule has 0 spiro atoms. The van der Waals surface area contributed by atoms with Gasteiger partial charge in [0, 0.05) is 12.8 Å². The third-order valence-corrected chi connectivity index (χ3v) is 16.7. The molecule has 0 heterocycles. The minimum atomic E-state index is -4.45. The number of carbonyl (C=O) groups excluding carboxylic acids is 2. The van der Waals surface area contributed by atoms with Crippen molar-refractivity contribution in [2.75, 3.05) is 40.9 Å². The summed E-state index contributed by atoms with van der Waals surface area (Å²) in [5.74, 6) is -0.496. The second kappa shape index (κ2) is 61.1. The fourth-order valence-corrected chi connectivity index (χ4v) is 11.1. The Morgan fingerprint density at radius 3 is 1.15 bits per heavy atom. The molecule has 0 aliphatic heterocycles. The first-order chi connectivity index (χ1) is 39.4. The Morgan fingerprint density at radius 2 is 0.753 bits per heavy atom. The number of ether oxygens (including phenoxy) is 1. The molecule has 81 heavy (non-hydrogen) atoms. The van der Waals surface area contributed by atoms with Crippen molar-refractivity contribution in [2.45, 2.75) is 354 Å². The van der Waals surface area contributed by atoms with Gasteiger partial charge in [-0.05, 0) is 89.5 Å². The Labute approximate surface area is 503 Å². The van der Waals surface area contributed by atoms with Gasteiger partial charge >= 0.3 is 13.8 Å². The molecule has 3 atom stereocenters. The van der Waals surface area contributed by atoms with Crippen molar-refractivity contribution in [3.63, 3.8) is 0 Å².